The van der Waals surface area contributed by atoms with E-state index in [-0.39, 0.29) is 10.6 Å². The molecular weight excluding hydrogens is 266 g/mol. The van der Waals surface area contributed by atoms with Crippen LogP contribution < -0.4 is 5.32 Å². The van der Waals surface area contributed by atoms with Crippen molar-refractivity contribution in [3.8, 4) is 0 Å². The SMILES string of the molecule is CCN(CC)CCCC(C)Nc1cc([N+](=O)[O-])ccc1C. The van der Waals surface area contributed by atoms with Crippen LogP contribution in [0.2, 0.25) is 0 Å². The molecule has 5 heteroatoms. The number of anilines is 1. The van der Waals surface area contributed by atoms with Gasteiger partial charge in [0, 0.05) is 23.9 Å². The highest BCUT2D eigenvalue weighted by Gasteiger charge is 2.11. The van der Waals surface area contributed by atoms with Gasteiger partial charge in [0.1, 0.15) is 0 Å². The summed E-state index contributed by atoms with van der Waals surface area (Å²) in [7, 11) is 0. The minimum absolute atomic E-state index is 0.137. The third kappa shape index (κ3) is 5.71. The summed E-state index contributed by atoms with van der Waals surface area (Å²) in [5, 5.41) is 14.2. The average Bonchev–Trinajstić information content (AvgIpc) is 2.45. The van der Waals surface area contributed by atoms with Crippen molar-refractivity contribution < 1.29 is 4.92 Å². The van der Waals surface area contributed by atoms with Gasteiger partial charge in [0.05, 0.1) is 4.92 Å². The van der Waals surface area contributed by atoms with Gasteiger partial charge in [0.2, 0.25) is 0 Å². The Kier molecular flexibility index (Phi) is 7.15. The first-order valence-corrected chi connectivity index (χ1v) is 7.71. The number of hydrogen-bond donors (Lipinski definition) is 1. The maximum Gasteiger partial charge on any atom is 0.271 e. The molecule has 1 atom stereocenters. The number of nitrogens with zero attached hydrogens (tertiary/aromatic N) is 2. The zero-order valence-corrected chi connectivity index (χ0v) is 13.6. The monoisotopic (exact) mass is 293 g/mol. The maximum absolute atomic E-state index is 10.8. The fourth-order valence-electron chi connectivity index (χ4n) is 2.38. The van der Waals surface area contributed by atoms with Gasteiger partial charge in [-0.1, -0.05) is 19.9 Å². The summed E-state index contributed by atoms with van der Waals surface area (Å²) in [6, 6.07) is 5.27. The summed E-state index contributed by atoms with van der Waals surface area (Å²) in [5.41, 5.74) is 2.04. The minimum atomic E-state index is -0.352. The Balaban J connectivity index is 2.52. The summed E-state index contributed by atoms with van der Waals surface area (Å²) in [6.45, 7) is 11.7. The van der Waals surface area contributed by atoms with Gasteiger partial charge in [0.15, 0.2) is 0 Å². The minimum Gasteiger partial charge on any atom is -0.382 e. The quantitative estimate of drug-likeness (QED) is 0.555. The van der Waals surface area contributed by atoms with Gasteiger partial charge >= 0.3 is 0 Å². The Morgan fingerprint density at radius 1 is 1.33 bits per heavy atom. The van der Waals surface area contributed by atoms with Gasteiger partial charge in [-0.15, -0.1) is 0 Å². The average molecular weight is 293 g/mol. The van der Waals surface area contributed by atoms with Crippen LogP contribution in [0.5, 0.6) is 0 Å². The van der Waals surface area contributed by atoms with Crippen LogP contribution in [0, 0.1) is 17.0 Å². The van der Waals surface area contributed by atoms with E-state index in [1.807, 2.05) is 6.92 Å². The normalized spacial score (nSPS) is 12.4. The molecule has 1 N–H and O–H groups in total. The summed E-state index contributed by atoms with van der Waals surface area (Å²) in [5.74, 6) is 0. The molecule has 0 fully saturated rings. The maximum atomic E-state index is 10.8. The Labute approximate surface area is 127 Å². The molecule has 0 radical (unpaired) electrons. The number of nitro benzene ring substituents is 1. The third-order valence-corrected chi connectivity index (χ3v) is 3.84. The molecule has 1 aromatic carbocycles. The molecule has 0 aliphatic carbocycles. The van der Waals surface area contributed by atoms with Crippen molar-refractivity contribution in [2.75, 3.05) is 25.0 Å². The van der Waals surface area contributed by atoms with Gasteiger partial charge in [0.25, 0.3) is 5.69 Å². The van der Waals surface area contributed by atoms with Crippen molar-refractivity contribution in [1.29, 1.82) is 0 Å². The first-order chi connectivity index (χ1) is 9.97. The van der Waals surface area contributed by atoms with E-state index in [2.05, 4.69) is 31.0 Å². The zero-order valence-electron chi connectivity index (χ0n) is 13.6. The Bertz CT molecular complexity index is 459. The predicted octanol–water partition coefficient (Wildman–Crippen LogP) is 3.83. The first kappa shape index (κ1) is 17.4. The van der Waals surface area contributed by atoms with Gasteiger partial charge in [-0.2, -0.15) is 0 Å². The first-order valence-electron chi connectivity index (χ1n) is 7.71. The summed E-state index contributed by atoms with van der Waals surface area (Å²) >= 11 is 0. The van der Waals surface area contributed by atoms with Crippen LogP contribution in [0.4, 0.5) is 11.4 Å². The molecule has 0 saturated heterocycles. The van der Waals surface area contributed by atoms with Crippen molar-refractivity contribution in [3.63, 3.8) is 0 Å². The predicted molar refractivity (Wildman–Crippen MR) is 87.9 cm³/mol. The number of rotatable bonds is 9. The van der Waals surface area contributed by atoms with E-state index in [0.717, 1.165) is 43.7 Å². The number of benzene rings is 1. The molecule has 21 heavy (non-hydrogen) atoms. The fourth-order valence-corrected chi connectivity index (χ4v) is 2.38. The molecule has 5 nitrogen and oxygen atoms in total. The van der Waals surface area contributed by atoms with Crippen molar-refractivity contribution in [1.82, 2.24) is 4.90 Å². The van der Waals surface area contributed by atoms with Gasteiger partial charge in [-0.25, -0.2) is 0 Å². The molecule has 1 unspecified atom stereocenters. The Morgan fingerprint density at radius 2 is 2.00 bits per heavy atom. The third-order valence-electron chi connectivity index (χ3n) is 3.84. The molecule has 118 valence electrons. The zero-order chi connectivity index (χ0) is 15.8. The Hall–Kier alpha value is -1.62. The summed E-state index contributed by atoms with van der Waals surface area (Å²) < 4.78 is 0. The van der Waals surface area contributed by atoms with E-state index < -0.39 is 0 Å². The van der Waals surface area contributed by atoms with Crippen molar-refractivity contribution in [2.24, 2.45) is 0 Å². The molecule has 0 bridgehead atoms. The molecule has 0 amide bonds. The lowest BCUT2D eigenvalue weighted by Gasteiger charge is -2.20. The largest absolute Gasteiger partial charge is 0.382 e. The summed E-state index contributed by atoms with van der Waals surface area (Å²) in [6.07, 6.45) is 2.18. The van der Waals surface area contributed by atoms with E-state index in [9.17, 15) is 10.1 Å². The molecular formula is C16H27N3O2. The molecule has 1 aromatic rings. The van der Waals surface area contributed by atoms with Crippen molar-refractivity contribution in [2.45, 2.75) is 46.6 Å². The fraction of sp³-hybridized carbons (Fsp3) is 0.625. The number of non-ortho nitro benzene ring substituents is 1. The van der Waals surface area contributed by atoms with Crippen LogP contribution in [0.15, 0.2) is 18.2 Å². The lowest BCUT2D eigenvalue weighted by Crippen LogP contribution is -2.25. The second-order valence-electron chi connectivity index (χ2n) is 5.47. The Morgan fingerprint density at radius 3 is 2.57 bits per heavy atom. The molecule has 0 aliphatic rings. The van der Waals surface area contributed by atoms with Gasteiger partial charge in [-0.3, -0.25) is 10.1 Å². The molecule has 0 aliphatic heterocycles. The van der Waals surface area contributed by atoms with Gasteiger partial charge in [-0.05, 0) is 51.9 Å². The van der Waals surface area contributed by atoms with Crippen LogP contribution in [-0.4, -0.2) is 35.5 Å². The lowest BCUT2D eigenvalue weighted by molar-refractivity contribution is -0.384. The molecule has 0 heterocycles. The highest BCUT2D eigenvalue weighted by atomic mass is 16.6. The highest BCUT2D eigenvalue weighted by molar-refractivity contribution is 5.57. The van der Waals surface area contributed by atoms with Crippen molar-refractivity contribution in [3.05, 3.63) is 33.9 Å². The highest BCUT2D eigenvalue weighted by Crippen LogP contribution is 2.23. The smallest absolute Gasteiger partial charge is 0.271 e. The lowest BCUT2D eigenvalue weighted by atomic mass is 10.1. The second-order valence-corrected chi connectivity index (χ2v) is 5.47. The van der Waals surface area contributed by atoms with E-state index in [1.54, 1.807) is 18.2 Å². The number of nitro groups is 1. The van der Waals surface area contributed by atoms with Crippen LogP contribution in [-0.2, 0) is 0 Å². The molecule has 0 aromatic heterocycles. The number of nitrogens with one attached hydrogen (secondary N) is 1. The topological polar surface area (TPSA) is 58.4 Å². The van der Waals surface area contributed by atoms with E-state index >= 15 is 0 Å². The van der Waals surface area contributed by atoms with Crippen molar-refractivity contribution >= 4 is 11.4 Å². The van der Waals surface area contributed by atoms with Crippen LogP contribution in [0.25, 0.3) is 0 Å². The summed E-state index contributed by atoms with van der Waals surface area (Å²) in [4.78, 5) is 12.9. The number of aryl methyl sites for hydroxylation is 1. The molecule has 0 spiro atoms. The molecule has 0 saturated carbocycles. The van der Waals surface area contributed by atoms with Crippen LogP contribution in [0.3, 0.4) is 0 Å². The van der Waals surface area contributed by atoms with Gasteiger partial charge < -0.3 is 10.2 Å². The van der Waals surface area contributed by atoms with Crippen LogP contribution in [0.1, 0.15) is 39.2 Å². The molecule has 1 rings (SSSR count). The van der Waals surface area contributed by atoms with E-state index in [4.69, 9.17) is 0 Å². The number of hydrogen-bond acceptors (Lipinski definition) is 4. The van der Waals surface area contributed by atoms with E-state index in [1.165, 1.54) is 0 Å². The van der Waals surface area contributed by atoms with Crippen LogP contribution >= 0.6 is 0 Å². The van der Waals surface area contributed by atoms with E-state index in [0.29, 0.717) is 6.04 Å². The second kappa shape index (κ2) is 8.62. The standard InChI is InChI=1S/C16H27N3O2/c1-5-18(6-2)11-7-8-14(4)17-16-12-15(19(20)21)10-9-13(16)3/h9-10,12,14,17H,5-8,11H2,1-4H3.